The number of hydrogen-bond donors (Lipinski definition) is 1. The average molecular weight is 239 g/mol. The van der Waals surface area contributed by atoms with E-state index in [0.717, 1.165) is 0 Å². The molecule has 0 spiro atoms. The van der Waals surface area contributed by atoms with Crippen molar-refractivity contribution in [3.63, 3.8) is 0 Å². The van der Waals surface area contributed by atoms with Crippen molar-refractivity contribution in [2.24, 2.45) is 5.29 Å². The quantitative estimate of drug-likeness (QED) is 0.285. The molecular weight excluding hydrogens is 231 g/mol. The molecule has 0 atom stereocenters. The van der Waals surface area contributed by atoms with Gasteiger partial charge in [-0.3, -0.25) is 4.55 Å². The molecule has 76 valence electrons. The molecule has 0 unspecified atom stereocenters. The van der Waals surface area contributed by atoms with Crippen LogP contribution >= 0.6 is 0 Å². The molecule has 0 amide bonds. The van der Waals surface area contributed by atoms with Gasteiger partial charge in [0.1, 0.15) is 0 Å². The van der Waals surface area contributed by atoms with Crippen LogP contribution in [0.1, 0.15) is 0 Å². The van der Waals surface area contributed by atoms with E-state index in [9.17, 15) is 13.3 Å². The zero-order chi connectivity index (χ0) is 10.6. The summed E-state index contributed by atoms with van der Waals surface area (Å²) in [6, 6.07) is 7.97. The summed E-state index contributed by atoms with van der Waals surface area (Å²) in [6.45, 7) is 0. The van der Waals surface area contributed by atoms with Gasteiger partial charge in [-0.25, -0.2) is 5.01 Å². The Bertz CT molecular complexity index is 408. The second-order valence-corrected chi connectivity index (χ2v) is 3.95. The summed E-state index contributed by atoms with van der Waals surface area (Å²) in [7, 11) is -4.25. The van der Waals surface area contributed by atoms with Gasteiger partial charge < -0.3 is 0 Å². The number of anilines is 1. The molecule has 0 heterocycles. The van der Waals surface area contributed by atoms with E-state index in [-0.39, 0.29) is 29.6 Å². The fraction of sp³-hybridized carbons (Fsp3) is 0.143. The van der Waals surface area contributed by atoms with Crippen molar-refractivity contribution in [2.45, 2.75) is 0 Å². The first-order chi connectivity index (χ1) is 6.53. The molecule has 1 aromatic carbocycles. The number of nitrogens with zero attached hydrogens (tertiary/aromatic N) is 2. The predicted octanol–water partition coefficient (Wildman–Crippen LogP) is -1.98. The molecule has 15 heavy (non-hydrogen) atoms. The van der Waals surface area contributed by atoms with Gasteiger partial charge in [-0.05, 0) is 12.1 Å². The van der Waals surface area contributed by atoms with Crippen molar-refractivity contribution in [1.82, 2.24) is 0 Å². The van der Waals surface area contributed by atoms with Crippen molar-refractivity contribution >= 4 is 15.8 Å². The Morgan fingerprint density at radius 3 is 2.20 bits per heavy atom. The molecule has 0 radical (unpaired) electrons. The minimum absolute atomic E-state index is 0. The van der Waals surface area contributed by atoms with Crippen LogP contribution in [0.15, 0.2) is 35.6 Å². The summed E-state index contributed by atoms with van der Waals surface area (Å²) >= 11 is 0. The molecular formula is C7H8N2NaO4S+. The Morgan fingerprint density at radius 1 is 1.27 bits per heavy atom. The van der Waals surface area contributed by atoms with Crippen LogP contribution in [0.25, 0.3) is 0 Å². The Labute approximate surface area is 109 Å². The Morgan fingerprint density at radius 2 is 1.80 bits per heavy atom. The first kappa shape index (κ1) is 14.5. The van der Waals surface area contributed by atoms with E-state index >= 15 is 0 Å². The molecule has 6 nitrogen and oxygen atoms in total. The Balaban J connectivity index is 0.00000196. The van der Waals surface area contributed by atoms with Gasteiger partial charge in [0.05, 0.1) is 11.0 Å². The smallest absolute Gasteiger partial charge is 0.284 e. The molecule has 0 fully saturated rings. The van der Waals surface area contributed by atoms with Crippen LogP contribution in [-0.2, 0) is 10.1 Å². The molecule has 1 N–H and O–H groups in total. The van der Waals surface area contributed by atoms with Crippen LogP contribution in [0.4, 0.5) is 5.69 Å². The largest absolute Gasteiger partial charge is 1.00 e. The van der Waals surface area contributed by atoms with Gasteiger partial charge in [0.2, 0.25) is 0 Å². The van der Waals surface area contributed by atoms with Crippen LogP contribution in [0.5, 0.6) is 0 Å². The number of hydrogen-bond acceptors (Lipinski definition) is 4. The molecule has 0 aliphatic heterocycles. The molecule has 0 aliphatic carbocycles. The third-order valence-corrected chi connectivity index (χ3v) is 2.01. The summed E-state index contributed by atoms with van der Waals surface area (Å²) in [5.41, 5.74) is 0.306. The maximum Gasteiger partial charge on any atom is 1.00 e. The molecule has 1 aromatic rings. The Kier molecular flexibility index (Phi) is 5.99. The van der Waals surface area contributed by atoms with Gasteiger partial charge in [-0.2, -0.15) is 8.42 Å². The maximum atomic E-state index is 10.5. The minimum Gasteiger partial charge on any atom is -0.284 e. The van der Waals surface area contributed by atoms with E-state index in [4.69, 9.17) is 4.55 Å². The summed E-state index contributed by atoms with van der Waals surface area (Å²) < 4.78 is 29.5. The summed E-state index contributed by atoms with van der Waals surface area (Å²) in [5.74, 6) is -0.847. The number of rotatable bonds is 4. The first-order valence-corrected chi connectivity index (χ1v) is 5.25. The second-order valence-electron chi connectivity index (χ2n) is 2.53. The molecule has 0 aliphatic rings. The van der Waals surface area contributed by atoms with Gasteiger partial charge >= 0.3 is 29.6 Å². The molecule has 0 bridgehead atoms. The molecule has 8 heteroatoms. The van der Waals surface area contributed by atoms with Crippen molar-refractivity contribution in [2.75, 3.05) is 10.9 Å². The topological polar surface area (TPSA) is 87.0 Å². The number of para-hydroxylation sites is 1. The predicted molar refractivity (Wildman–Crippen MR) is 51.1 cm³/mol. The number of nitroso groups, excluding NO2 is 1. The second kappa shape index (κ2) is 6.19. The van der Waals surface area contributed by atoms with Crippen molar-refractivity contribution in [3.05, 3.63) is 35.2 Å². The average Bonchev–Trinajstić information content (AvgIpc) is 2.14. The number of benzene rings is 1. The van der Waals surface area contributed by atoms with Crippen molar-refractivity contribution in [1.29, 1.82) is 0 Å². The monoisotopic (exact) mass is 239 g/mol. The van der Waals surface area contributed by atoms with Gasteiger partial charge in [0, 0.05) is 0 Å². The van der Waals surface area contributed by atoms with Gasteiger partial charge in [0.25, 0.3) is 10.1 Å². The third kappa shape index (κ3) is 5.24. The van der Waals surface area contributed by atoms with E-state index in [2.05, 4.69) is 5.29 Å². The van der Waals surface area contributed by atoms with Gasteiger partial charge in [-0.1, -0.05) is 18.2 Å². The van der Waals surface area contributed by atoms with Crippen LogP contribution < -0.4 is 34.6 Å². The minimum atomic E-state index is -4.25. The maximum absolute atomic E-state index is 10.5. The zero-order valence-electron chi connectivity index (χ0n) is 8.07. The fourth-order valence-electron chi connectivity index (χ4n) is 0.900. The first-order valence-electron chi connectivity index (χ1n) is 3.64. The van der Waals surface area contributed by atoms with E-state index in [1.165, 1.54) is 12.1 Å². The standard InChI is InChI=1S/C7H8N2O4S.Na/c10-8-9(6-14(11,12)13)7-4-2-1-3-5-7;/h1-5H,6H2,(H,11,12,13);/q;+1. The normalized spacial score (nSPS) is 10.2. The summed E-state index contributed by atoms with van der Waals surface area (Å²) in [4.78, 5) is 10.3. The summed E-state index contributed by atoms with van der Waals surface area (Å²) in [5, 5.41) is 3.14. The van der Waals surface area contributed by atoms with E-state index in [1.807, 2.05) is 0 Å². The van der Waals surface area contributed by atoms with Crippen LogP contribution in [0.2, 0.25) is 0 Å². The SMILES string of the molecule is O=NN(CS(=O)(=O)O)c1ccccc1.[Na+]. The third-order valence-electron chi connectivity index (χ3n) is 1.44. The fourth-order valence-corrected chi connectivity index (χ4v) is 1.41. The van der Waals surface area contributed by atoms with Gasteiger partial charge in [0.15, 0.2) is 5.88 Å². The van der Waals surface area contributed by atoms with Crippen molar-refractivity contribution < 1.29 is 42.5 Å². The van der Waals surface area contributed by atoms with E-state index in [0.29, 0.717) is 10.7 Å². The molecule has 0 aromatic heterocycles. The molecule has 0 saturated carbocycles. The van der Waals surface area contributed by atoms with Crippen LogP contribution in [0, 0.1) is 4.91 Å². The van der Waals surface area contributed by atoms with Crippen LogP contribution in [0.3, 0.4) is 0 Å². The molecule has 1 rings (SSSR count). The molecule has 0 saturated heterocycles. The Hall–Kier alpha value is -0.470. The van der Waals surface area contributed by atoms with Crippen molar-refractivity contribution in [3.8, 4) is 0 Å². The zero-order valence-corrected chi connectivity index (χ0v) is 10.9. The van der Waals surface area contributed by atoms with Crippen LogP contribution in [-0.4, -0.2) is 18.8 Å². The van der Waals surface area contributed by atoms with E-state index < -0.39 is 16.0 Å². The van der Waals surface area contributed by atoms with E-state index in [1.54, 1.807) is 18.2 Å². The van der Waals surface area contributed by atoms with Gasteiger partial charge in [-0.15, -0.1) is 4.91 Å². The summed E-state index contributed by atoms with van der Waals surface area (Å²) in [6.07, 6.45) is 0.